The van der Waals surface area contributed by atoms with E-state index in [-0.39, 0.29) is 42.7 Å². The number of hydrogen-bond acceptors (Lipinski definition) is 7. The smallest absolute Gasteiger partial charge is 0.306 e. The third kappa shape index (κ3) is 33.4. The highest BCUT2D eigenvalue weighted by Crippen LogP contribution is 2.13. The molecule has 2 atom stereocenters. The number of hydrogen-bond donors (Lipinski definition) is 0. The lowest BCUT2D eigenvalue weighted by atomic mass is 10.1. The number of esters is 2. The molecule has 8 nitrogen and oxygen atoms in total. The normalized spacial score (nSPS) is 13.3. The van der Waals surface area contributed by atoms with Crippen molar-refractivity contribution in [2.75, 3.05) is 41.0 Å². The predicted molar refractivity (Wildman–Crippen MR) is 213 cm³/mol. The fraction of sp³-hybridized carbons (Fsp3) is 0.795. The Kier molecular flexibility index (Phi) is 33.9. The van der Waals surface area contributed by atoms with Crippen LogP contribution in [0.4, 0.5) is 0 Å². The molecule has 0 aromatic heterocycles. The monoisotopic (exact) mass is 734 g/mol. The van der Waals surface area contributed by atoms with Crippen molar-refractivity contribution in [1.29, 1.82) is 0 Å². The molecule has 0 aliphatic heterocycles. The number of aliphatic carboxylic acids is 1. The van der Waals surface area contributed by atoms with E-state index < -0.39 is 18.1 Å². The summed E-state index contributed by atoms with van der Waals surface area (Å²) >= 11 is 0. The fourth-order valence-electron chi connectivity index (χ4n) is 5.94. The molecular weight excluding hydrogens is 654 g/mol. The van der Waals surface area contributed by atoms with E-state index in [0.717, 1.165) is 70.6 Å². The average Bonchev–Trinajstić information content (AvgIpc) is 3.09. The van der Waals surface area contributed by atoms with Crippen LogP contribution in [-0.4, -0.2) is 75.5 Å². The molecule has 0 aliphatic rings. The molecule has 0 fully saturated rings. The van der Waals surface area contributed by atoms with Crippen molar-refractivity contribution < 1.29 is 38.2 Å². The second-order valence-corrected chi connectivity index (χ2v) is 15.2. The Balaban J connectivity index is 4.42. The predicted octanol–water partition coefficient (Wildman–Crippen LogP) is 9.74. The second-order valence-electron chi connectivity index (χ2n) is 15.2. The van der Waals surface area contributed by atoms with Gasteiger partial charge in [0, 0.05) is 19.3 Å². The van der Waals surface area contributed by atoms with Crippen LogP contribution in [-0.2, 0) is 28.6 Å². The van der Waals surface area contributed by atoms with Gasteiger partial charge in [-0.25, -0.2) is 0 Å². The summed E-state index contributed by atoms with van der Waals surface area (Å²) in [5, 5.41) is 11.6. The summed E-state index contributed by atoms with van der Waals surface area (Å²) in [4.78, 5) is 36.7. The molecule has 0 aromatic rings. The molecule has 0 aliphatic carbocycles. The number of likely N-dealkylation sites (N-methyl/N-ethyl adjacent to an activating group) is 1. The highest BCUT2D eigenvalue weighted by Gasteiger charge is 2.25. The highest BCUT2D eigenvalue weighted by atomic mass is 16.6. The number of carbonyl (C=O) groups is 3. The first-order valence-electron chi connectivity index (χ1n) is 21.0. The quantitative estimate of drug-likeness (QED) is 0.0206. The molecule has 0 saturated carbocycles. The van der Waals surface area contributed by atoms with E-state index in [2.05, 4.69) is 50.3 Å². The van der Waals surface area contributed by atoms with E-state index in [9.17, 15) is 19.5 Å². The second kappa shape index (κ2) is 35.6. The molecule has 0 radical (unpaired) electrons. The molecule has 2 unspecified atom stereocenters. The number of quaternary nitrogens is 1. The van der Waals surface area contributed by atoms with Gasteiger partial charge in [-0.05, 0) is 64.2 Å². The Bertz CT molecular complexity index is 953. The molecule has 0 saturated heterocycles. The maximum absolute atomic E-state index is 12.7. The minimum Gasteiger partial charge on any atom is -0.544 e. The number of ether oxygens (including phenoxy) is 3. The van der Waals surface area contributed by atoms with Gasteiger partial charge in [-0.2, -0.15) is 0 Å². The summed E-state index contributed by atoms with van der Waals surface area (Å²) in [5.41, 5.74) is 0. The van der Waals surface area contributed by atoms with Crippen LogP contribution in [0.3, 0.4) is 0 Å². The van der Waals surface area contributed by atoms with Gasteiger partial charge in [0.05, 0.1) is 40.3 Å². The number of carboxylic acid groups (broad SMARTS) is 1. The molecule has 0 rings (SSSR count). The first kappa shape index (κ1) is 49.6. The lowest BCUT2D eigenvalue weighted by molar-refractivity contribution is -0.889. The number of carbonyl (C=O) groups excluding carboxylic acids is 3. The first-order chi connectivity index (χ1) is 25.1. The van der Waals surface area contributed by atoms with Crippen molar-refractivity contribution in [2.45, 2.75) is 187 Å². The third-order valence-electron chi connectivity index (χ3n) is 9.28. The zero-order valence-corrected chi connectivity index (χ0v) is 34.2. The third-order valence-corrected chi connectivity index (χ3v) is 9.28. The van der Waals surface area contributed by atoms with Gasteiger partial charge in [-0.1, -0.05) is 127 Å². The van der Waals surface area contributed by atoms with Gasteiger partial charge < -0.3 is 28.6 Å². The molecule has 0 bridgehead atoms. The van der Waals surface area contributed by atoms with Gasteiger partial charge >= 0.3 is 11.9 Å². The largest absolute Gasteiger partial charge is 0.544 e. The highest BCUT2D eigenvalue weighted by molar-refractivity contribution is 5.70. The SMILES string of the molecule is CCCCC/C=C/C=C/CCCCCCCCC(=O)OC(COCCC(C(=O)[O-])[N+](C)(C)C)COC(=O)CCCCC/C=C/CCCCCCCC. The average molecular weight is 734 g/mol. The Hall–Kier alpha value is -2.45. The molecular formula is C44H79NO7. The van der Waals surface area contributed by atoms with Gasteiger partial charge in [0.25, 0.3) is 0 Å². The topological polar surface area (TPSA) is 102 Å². The zero-order valence-electron chi connectivity index (χ0n) is 34.2. The Labute approximate surface area is 319 Å². The molecule has 0 heterocycles. The van der Waals surface area contributed by atoms with Crippen LogP contribution in [0.15, 0.2) is 36.5 Å². The van der Waals surface area contributed by atoms with Crippen LogP contribution in [0.1, 0.15) is 174 Å². The molecule has 52 heavy (non-hydrogen) atoms. The van der Waals surface area contributed by atoms with Crippen LogP contribution in [0.5, 0.6) is 0 Å². The molecule has 0 aromatic carbocycles. The Morgan fingerprint density at radius 2 is 1.02 bits per heavy atom. The molecule has 8 heteroatoms. The van der Waals surface area contributed by atoms with Crippen molar-refractivity contribution in [3.8, 4) is 0 Å². The van der Waals surface area contributed by atoms with E-state index in [1.54, 1.807) is 21.1 Å². The van der Waals surface area contributed by atoms with E-state index in [4.69, 9.17) is 14.2 Å². The Morgan fingerprint density at radius 1 is 0.577 bits per heavy atom. The minimum atomic E-state index is -1.13. The first-order valence-corrected chi connectivity index (χ1v) is 21.0. The van der Waals surface area contributed by atoms with Crippen LogP contribution in [0.2, 0.25) is 0 Å². The van der Waals surface area contributed by atoms with Crippen LogP contribution in [0, 0.1) is 0 Å². The summed E-state index contributed by atoms with van der Waals surface area (Å²) in [6.07, 6.45) is 38.7. The van der Waals surface area contributed by atoms with Crippen LogP contribution >= 0.6 is 0 Å². The number of rotatable bonds is 37. The van der Waals surface area contributed by atoms with E-state index in [1.807, 2.05) is 0 Å². The summed E-state index contributed by atoms with van der Waals surface area (Å²) in [6.45, 7) is 4.59. The molecule has 0 N–H and O–H groups in total. The maximum atomic E-state index is 12.7. The molecule has 0 amide bonds. The summed E-state index contributed by atoms with van der Waals surface area (Å²) in [6, 6.07) is -0.728. The van der Waals surface area contributed by atoms with Crippen molar-refractivity contribution in [1.82, 2.24) is 0 Å². The van der Waals surface area contributed by atoms with Gasteiger partial charge in [0.2, 0.25) is 0 Å². The van der Waals surface area contributed by atoms with Gasteiger partial charge in [-0.3, -0.25) is 9.59 Å². The lowest BCUT2D eigenvalue weighted by Crippen LogP contribution is -2.55. The summed E-state index contributed by atoms with van der Waals surface area (Å²) in [5.74, 6) is -1.77. The summed E-state index contributed by atoms with van der Waals surface area (Å²) in [7, 11) is 5.39. The zero-order chi connectivity index (χ0) is 38.5. The van der Waals surface area contributed by atoms with Gasteiger partial charge in [-0.15, -0.1) is 0 Å². The number of carboxylic acids is 1. The standard InChI is InChI=1S/C44H79NO7/c1-6-8-10-12-14-16-18-20-21-23-25-27-29-31-33-35-43(47)52-40(38-50-37-36-41(44(48)49)45(3,4)5)39-51-42(46)34-32-30-28-26-24-22-19-17-15-13-11-9-7-2/h14,16,18,20,22,24,40-41H,6-13,15,17,19,21,23,25-39H2,1-5H3/b16-14+,20-18+,24-22+. The van der Waals surface area contributed by atoms with Crippen LogP contribution in [0.25, 0.3) is 0 Å². The van der Waals surface area contributed by atoms with Crippen molar-refractivity contribution in [2.24, 2.45) is 0 Å². The van der Waals surface area contributed by atoms with Gasteiger partial charge in [0.1, 0.15) is 12.6 Å². The van der Waals surface area contributed by atoms with E-state index >= 15 is 0 Å². The minimum absolute atomic E-state index is 0.0318. The lowest BCUT2D eigenvalue weighted by Gasteiger charge is -2.34. The van der Waals surface area contributed by atoms with Crippen molar-refractivity contribution in [3.63, 3.8) is 0 Å². The van der Waals surface area contributed by atoms with Crippen molar-refractivity contribution >= 4 is 17.9 Å². The van der Waals surface area contributed by atoms with E-state index in [1.165, 1.54) is 70.6 Å². The maximum Gasteiger partial charge on any atom is 0.306 e. The fourth-order valence-corrected chi connectivity index (χ4v) is 5.94. The van der Waals surface area contributed by atoms with Gasteiger partial charge in [0.15, 0.2) is 6.10 Å². The number of unbranched alkanes of at least 4 members (excludes halogenated alkanes) is 18. The Morgan fingerprint density at radius 3 is 1.56 bits per heavy atom. The number of allylic oxidation sites excluding steroid dienone is 6. The molecule has 302 valence electrons. The molecule has 0 spiro atoms. The number of nitrogens with zero attached hydrogens (tertiary/aromatic N) is 1. The van der Waals surface area contributed by atoms with Crippen LogP contribution < -0.4 is 5.11 Å². The van der Waals surface area contributed by atoms with E-state index in [0.29, 0.717) is 12.8 Å². The van der Waals surface area contributed by atoms with Crippen molar-refractivity contribution in [3.05, 3.63) is 36.5 Å². The summed E-state index contributed by atoms with van der Waals surface area (Å²) < 4.78 is 17.1.